The highest BCUT2D eigenvalue weighted by atomic mass is 32.2. The molecule has 0 amide bonds. The monoisotopic (exact) mass is 193 g/mol. The molecule has 0 aliphatic heterocycles. The van der Waals surface area contributed by atoms with Crippen molar-refractivity contribution in [3.05, 3.63) is 0 Å². The van der Waals surface area contributed by atoms with Crippen molar-refractivity contribution in [1.82, 2.24) is 0 Å². The predicted molar refractivity (Wildman–Crippen MR) is 47.6 cm³/mol. The molecule has 0 saturated heterocycles. The first-order valence-corrected chi connectivity index (χ1v) is 5.85. The summed E-state index contributed by atoms with van der Waals surface area (Å²) < 4.78 is 21.3. The van der Waals surface area contributed by atoms with E-state index in [4.69, 9.17) is 5.73 Å². The van der Waals surface area contributed by atoms with Crippen molar-refractivity contribution in [3.8, 4) is 0 Å². The molecule has 0 heterocycles. The maximum atomic E-state index is 10.9. The SMILES string of the molecule is CC(N)C(=O)CCCS(C)(=O)=O. The number of ketones is 1. The molecule has 4 nitrogen and oxygen atoms in total. The molecule has 0 fully saturated rings. The van der Waals surface area contributed by atoms with Gasteiger partial charge in [-0.05, 0) is 13.3 Å². The minimum absolute atomic E-state index is 0.0610. The largest absolute Gasteiger partial charge is 0.322 e. The molecule has 0 saturated carbocycles. The Kier molecular flexibility index (Phi) is 4.41. The third-order valence-corrected chi connectivity index (χ3v) is 2.48. The Labute approximate surface area is 73.1 Å². The highest BCUT2D eigenvalue weighted by molar-refractivity contribution is 7.90. The summed E-state index contributed by atoms with van der Waals surface area (Å²) in [5, 5.41) is 0. The van der Waals surface area contributed by atoms with Crippen molar-refractivity contribution in [2.24, 2.45) is 5.73 Å². The van der Waals surface area contributed by atoms with Crippen LogP contribution in [0.1, 0.15) is 19.8 Å². The van der Waals surface area contributed by atoms with Crippen LogP contribution in [0, 0.1) is 0 Å². The maximum absolute atomic E-state index is 10.9. The van der Waals surface area contributed by atoms with Gasteiger partial charge in [0.25, 0.3) is 0 Å². The van der Waals surface area contributed by atoms with Crippen LogP contribution in [-0.2, 0) is 14.6 Å². The number of nitrogens with two attached hydrogens (primary N) is 1. The van der Waals surface area contributed by atoms with Gasteiger partial charge in [-0.15, -0.1) is 0 Å². The summed E-state index contributed by atoms with van der Waals surface area (Å²) in [6, 6.07) is -0.482. The van der Waals surface area contributed by atoms with E-state index >= 15 is 0 Å². The van der Waals surface area contributed by atoms with E-state index in [1.165, 1.54) is 0 Å². The molecule has 12 heavy (non-hydrogen) atoms. The predicted octanol–water partition coefficient (Wildman–Crippen LogP) is -0.272. The standard InChI is InChI=1S/C7H15NO3S/c1-6(8)7(9)4-3-5-12(2,10)11/h6H,3-5,8H2,1-2H3. The molecule has 0 aliphatic rings. The van der Waals surface area contributed by atoms with Gasteiger partial charge >= 0.3 is 0 Å². The Morgan fingerprint density at radius 1 is 1.50 bits per heavy atom. The Morgan fingerprint density at radius 2 is 2.00 bits per heavy atom. The molecule has 5 heteroatoms. The van der Waals surface area contributed by atoms with Gasteiger partial charge in [0.15, 0.2) is 0 Å². The maximum Gasteiger partial charge on any atom is 0.149 e. The van der Waals surface area contributed by atoms with Gasteiger partial charge in [-0.25, -0.2) is 8.42 Å². The van der Waals surface area contributed by atoms with Crippen LogP contribution >= 0.6 is 0 Å². The number of hydrogen-bond donors (Lipinski definition) is 1. The second-order valence-electron chi connectivity index (χ2n) is 2.99. The number of sulfone groups is 1. The second kappa shape index (κ2) is 4.57. The Bertz CT molecular complexity index is 243. The minimum atomic E-state index is -2.94. The molecular weight excluding hydrogens is 178 g/mol. The molecular formula is C7H15NO3S. The zero-order valence-corrected chi connectivity index (χ0v) is 8.23. The molecule has 72 valence electrons. The van der Waals surface area contributed by atoms with Gasteiger partial charge in [0.1, 0.15) is 15.6 Å². The number of Topliss-reactive ketones (excluding diaryl/α,β-unsaturated/α-hetero) is 1. The molecule has 0 aliphatic carbocycles. The average molecular weight is 193 g/mol. The van der Waals surface area contributed by atoms with Crippen LogP contribution in [0.15, 0.2) is 0 Å². The van der Waals surface area contributed by atoms with Gasteiger partial charge in [0, 0.05) is 12.7 Å². The van der Waals surface area contributed by atoms with Crippen LogP contribution in [0.5, 0.6) is 0 Å². The van der Waals surface area contributed by atoms with E-state index < -0.39 is 15.9 Å². The molecule has 0 spiro atoms. The highest BCUT2D eigenvalue weighted by Gasteiger charge is 2.09. The van der Waals surface area contributed by atoms with Crippen LogP contribution in [0.2, 0.25) is 0 Å². The van der Waals surface area contributed by atoms with Crippen molar-refractivity contribution in [3.63, 3.8) is 0 Å². The van der Waals surface area contributed by atoms with Gasteiger partial charge < -0.3 is 5.73 Å². The molecule has 1 atom stereocenters. The lowest BCUT2D eigenvalue weighted by molar-refractivity contribution is -0.119. The normalized spacial score (nSPS) is 14.2. The molecule has 0 rings (SSSR count). The molecule has 0 aromatic rings. The van der Waals surface area contributed by atoms with Gasteiger partial charge in [-0.1, -0.05) is 0 Å². The first-order valence-electron chi connectivity index (χ1n) is 3.79. The summed E-state index contributed by atoms with van der Waals surface area (Å²) in [5.74, 6) is -0.0236. The summed E-state index contributed by atoms with van der Waals surface area (Å²) >= 11 is 0. The minimum Gasteiger partial charge on any atom is -0.322 e. The van der Waals surface area contributed by atoms with Crippen LogP contribution in [-0.4, -0.2) is 32.3 Å². The number of carbonyl (C=O) groups excluding carboxylic acids is 1. The van der Waals surface area contributed by atoms with E-state index in [0.717, 1.165) is 6.26 Å². The van der Waals surface area contributed by atoms with Crippen LogP contribution < -0.4 is 5.73 Å². The van der Waals surface area contributed by atoms with Crippen LogP contribution in [0.25, 0.3) is 0 Å². The lowest BCUT2D eigenvalue weighted by Crippen LogP contribution is -2.26. The van der Waals surface area contributed by atoms with E-state index in [0.29, 0.717) is 6.42 Å². The number of rotatable bonds is 5. The zero-order chi connectivity index (χ0) is 9.78. The van der Waals surface area contributed by atoms with E-state index in [-0.39, 0.29) is 18.0 Å². The smallest absolute Gasteiger partial charge is 0.149 e. The lowest BCUT2D eigenvalue weighted by atomic mass is 10.1. The van der Waals surface area contributed by atoms with E-state index in [1.807, 2.05) is 0 Å². The summed E-state index contributed by atoms with van der Waals surface area (Å²) in [5.41, 5.74) is 5.29. The zero-order valence-electron chi connectivity index (χ0n) is 7.41. The third kappa shape index (κ3) is 6.30. The molecule has 1 unspecified atom stereocenters. The summed E-state index contributed by atoms with van der Waals surface area (Å²) in [7, 11) is -2.94. The molecule has 0 radical (unpaired) electrons. The van der Waals surface area contributed by atoms with Gasteiger partial charge in [0.2, 0.25) is 0 Å². The van der Waals surface area contributed by atoms with Crippen molar-refractivity contribution >= 4 is 15.6 Å². The topological polar surface area (TPSA) is 77.2 Å². The summed E-state index contributed by atoms with van der Waals surface area (Å²) in [6.07, 6.45) is 1.79. The molecule has 0 aromatic carbocycles. The van der Waals surface area contributed by atoms with Crippen molar-refractivity contribution in [2.75, 3.05) is 12.0 Å². The van der Waals surface area contributed by atoms with Crippen molar-refractivity contribution in [1.29, 1.82) is 0 Å². The van der Waals surface area contributed by atoms with Gasteiger partial charge in [-0.2, -0.15) is 0 Å². The highest BCUT2D eigenvalue weighted by Crippen LogP contribution is 1.97. The van der Waals surface area contributed by atoms with Crippen LogP contribution in [0.4, 0.5) is 0 Å². The Balaban J connectivity index is 3.66. The Hall–Kier alpha value is -0.420. The molecule has 2 N–H and O–H groups in total. The van der Waals surface area contributed by atoms with Gasteiger partial charge in [0.05, 0.1) is 11.8 Å². The summed E-state index contributed by atoms with van der Waals surface area (Å²) in [4.78, 5) is 10.9. The fraction of sp³-hybridized carbons (Fsp3) is 0.857. The van der Waals surface area contributed by atoms with Crippen molar-refractivity contribution < 1.29 is 13.2 Å². The molecule has 0 aromatic heterocycles. The molecule has 0 bridgehead atoms. The lowest BCUT2D eigenvalue weighted by Gasteiger charge is -2.02. The van der Waals surface area contributed by atoms with Gasteiger partial charge in [-0.3, -0.25) is 4.79 Å². The first-order chi connectivity index (χ1) is 5.33. The third-order valence-electron chi connectivity index (χ3n) is 1.45. The first kappa shape index (κ1) is 11.6. The van der Waals surface area contributed by atoms with Crippen molar-refractivity contribution in [2.45, 2.75) is 25.8 Å². The second-order valence-corrected chi connectivity index (χ2v) is 5.25. The van der Waals surface area contributed by atoms with E-state index in [9.17, 15) is 13.2 Å². The quantitative estimate of drug-likeness (QED) is 0.652. The number of carbonyl (C=O) groups is 1. The fourth-order valence-corrected chi connectivity index (χ4v) is 1.40. The van der Waals surface area contributed by atoms with E-state index in [1.54, 1.807) is 6.92 Å². The van der Waals surface area contributed by atoms with E-state index in [2.05, 4.69) is 0 Å². The fourth-order valence-electron chi connectivity index (χ4n) is 0.736. The van der Waals surface area contributed by atoms with Crippen LogP contribution in [0.3, 0.4) is 0 Å². The average Bonchev–Trinajstić information content (AvgIpc) is 1.84. The Morgan fingerprint density at radius 3 is 2.33 bits per heavy atom. The number of hydrogen-bond acceptors (Lipinski definition) is 4. The summed E-state index contributed by atoms with van der Waals surface area (Å²) in [6.45, 7) is 1.60.